The van der Waals surface area contributed by atoms with E-state index in [9.17, 15) is 14.7 Å². The Labute approximate surface area is 126 Å². The van der Waals surface area contributed by atoms with Gasteiger partial charge in [0.15, 0.2) is 0 Å². The lowest BCUT2D eigenvalue weighted by atomic mass is 9.85. The summed E-state index contributed by atoms with van der Waals surface area (Å²) < 4.78 is 5.18. The summed E-state index contributed by atoms with van der Waals surface area (Å²) in [6.45, 7) is 4.27. The Kier molecular flexibility index (Phi) is 4.79. The molecule has 1 aliphatic rings. The number of ether oxygens (including phenoxy) is 1. The van der Waals surface area contributed by atoms with Crippen LogP contribution >= 0.6 is 11.3 Å². The van der Waals surface area contributed by atoms with Crippen LogP contribution in [0.5, 0.6) is 0 Å². The lowest BCUT2D eigenvalue weighted by molar-refractivity contribution is -0.148. The van der Waals surface area contributed by atoms with Gasteiger partial charge in [0, 0.05) is 18.3 Å². The van der Waals surface area contributed by atoms with Gasteiger partial charge in [0.2, 0.25) is 0 Å². The second kappa shape index (κ2) is 6.40. The number of thiazole rings is 1. The van der Waals surface area contributed by atoms with E-state index in [0.29, 0.717) is 13.0 Å². The van der Waals surface area contributed by atoms with Crippen LogP contribution in [-0.2, 0) is 16.0 Å². The quantitative estimate of drug-likeness (QED) is 0.746. The zero-order valence-corrected chi connectivity index (χ0v) is 12.8. The number of amides is 2. The summed E-state index contributed by atoms with van der Waals surface area (Å²) >= 11 is 1.57. The first-order valence-corrected chi connectivity index (χ1v) is 7.56. The number of aryl methyl sites for hydroxylation is 1. The summed E-state index contributed by atoms with van der Waals surface area (Å²) in [5.41, 5.74) is -0.138. The molecule has 1 aliphatic heterocycles. The maximum absolute atomic E-state index is 11.8. The number of hydrogen-bond donors (Lipinski definition) is 3. The van der Waals surface area contributed by atoms with Crippen molar-refractivity contribution in [3.05, 3.63) is 16.1 Å². The number of rotatable bonds is 5. The molecule has 2 amide bonds. The normalized spacial score (nSPS) is 24.8. The Balaban J connectivity index is 1.78. The summed E-state index contributed by atoms with van der Waals surface area (Å²) in [6, 6.07) is -0.915. The van der Waals surface area contributed by atoms with Gasteiger partial charge in [-0.25, -0.2) is 9.78 Å². The maximum atomic E-state index is 11.8. The number of nitrogens with one attached hydrogen (secondary N) is 2. The fraction of sp³-hybridized carbons (Fsp3) is 0.615. The van der Waals surface area contributed by atoms with Crippen LogP contribution in [0.2, 0.25) is 0 Å². The molecule has 1 fully saturated rings. The van der Waals surface area contributed by atoms with Gasteiger partial charge < -0.3 is 20.5 Å². The van der Waals surface area contributed by atoms with Crippen LogP contribution in [0, 0.1) is 12.3 Å². The number of aromatic nitrogens is 1. The highest BCUT2D eigenvalue weighted by molar-refractivity contribution is 7.09. The highest BCUT2D eigenvalue weighted by Gasteiger charge is 2.47. The number of carbonyl (C=O) groups excluding carboxylic acids is 1. The van der Waals surface area contributed by atoms with Crippen molar-refractivity contribution in [3.63, 3.8) is 0 Å². The van der Waals surface area contributed by atoms with Crippen LogP contribution in [0.4, 0.5) is 4.79 Å². The van der Waals surface area contributed by atoms with Crippen LogP contribution in [0.1, 0.15) is 17.6 Å². The second-order valence-corrected chi connectivity index (χ2v) is 6.36. The molecule has 0 spiro atoms. The maximum Gasteiger partial charge on any atom is 0.315 e. The van der Waals surface area contributed by atoms with Crippen LogP contribution in [0.3, 0.4) is 0 Å². The molecular formula is C13H19N3O4S. The van der Waals surface area contributed by atoms with Crippen molar-refractivity contribution in [2.24, 2.45) is 5.41 Å². The predicted octanol–water partition coefficient (Wildman–Crippen LogP) is 0.783. The predicted molar refractivity (Wildman–Crippen MR) is 77.4 cm³/mol. The van der Waals surface area contributed by atoms with Crippen molar-refractivity contribution in [2.45, 2.75) is 26.3 Å². The summed E-state index contributed by atoms with van der Waals surface area (Å²) in [5, 5.41) is 17.6. The van der Waals surface area contributed by atoms with Crippen LogP contribution in [0.15, 0.2) is 5.38 Å². The summed E-state index contributed by atoms with van der Waals surface area (Å²) in [7, 11) is 0. The van der Waals surface area contributed by atoms with Gasteiger partial charge in [-0.3, -0.25) is 4.79 Å². The third-order valence-electron chi connectivity index (χ3n) is 3.58. The monoisotopic (exact) mass is 313 g/mol. The van der Waals surface area contributed by atoms with Gasteiger partial charge in [-0.05, 0) is 13.8 Å². The Morgan fingerprint density at radius 1 is 1.62 bits per heavy atom. The fourth-order valence-electron chi connectivity index (χ4n) is 2.12. The molecule has 8 heteroatoms. The number of carbonyl (C=O) groups is 2. The first-order chi connectivity index (χ1) is 9.91. The summed E-state index contributed by atoms with van der Waals surface area (Å²) in [5.74, 6) is -0.969. The Hall–Kier alpha value is -1.67. The molecule has 2 rings (SSSR count). The van der Waals surface area contributed by atoms with E-state index < -0.39 is 17.4 Å². The van der Waals surface area contributed by atoms with Crippen molar-refractivity contribution >= 4 is 23.3 Å². The van der Waals surface area contributed by atoms with Crippen molar-refractivity contribution in [1.29, 1.82) is 0 Å². The largest absolute Gasteiger partial charge is 0.481 e. The van der Waals surface area contributed by atoms with E-state index >= 15 is 0 Å². The zero-order chi connectivity index (χ0) is 15.5. The van der Waals surface area contributed by atoms with Gasteiger partial charge in [-0.2, -0.15) is 0 Å². The van der Waals surface area contributed by atoms with E-state index in [1.54, 1.807) is 18.3 Å². The summed E-state index contributed by atoms with van der Waals surface area (Å²) in [6.07, 6.45) is 0.648. The van der Waals surface area contributed by atoms with Crippen molar-refractivity contribution in [3.8, 4) is 0 Å². The molecule has 1 saturated heterocycles. The zero-order valence-electron chi connectivity index (χ0n) is 12.0. The van der Waals surface area contributed by atoms with Crippen LogP contribution in [-0.4, -0.2) is 47.9 Å². The fourth-order valence-corrected chi connectivity index (χ4v) is 2.77. The van der Waals surface area contributed by atoms with E-state index in [4.69, 9.17) is 4.74 Å². The smallest absolute Gasteiger partial charge is 0.315 e. The molecule has 1 aromatic heterocycles. The van der Waals surface area contributed by atoms with Crippen molar-refractivity contribution in [1.82, 2.24) is 15.6 Å². The topological polar surface area (TPSA) is 101 Å². The molecule has 21 heavy (non-hydrogen) atoms. The molecule has 0 radical (unpaired) electrons. The van der Waals surface area contributed by atoms with Crippen molar-refractivity contribution < 1.29 is 19.4 Å². The lowest BCUT2D eigenvalue weighted by Gasteiger charge is -2.25. The van der Waals surface area contributed by atoms with Crippen LogP contribution < -0.4 is 10.6 Å². The van der Waals surface area contributed by atoms with Gasteiger partial charge in [-0.15, -0.1) is 11.3 Å². The SMILES string of the molecule is Cc1nc(CCNC(=O)NC2COCC2(C)C(=O)O)cs1. The Bertz CT molecular complexity index is 533. The number of urea groups is 1. The average Bonchev–Trinajstić information content (AvgIpc) is 2.98. The number of carboxylic acids is 1. The van der Waals surface area contributed by atoms with Gasteiger partial charge in [0.1, 0.15) is 5.41 Å². The third kappa shape index (κ3) is 3.70. The third-order valence-corrected chi connectivity index (χ3v) is 4.41. The average molecular weight is 313 g/mol. The van der Waals surface area contributed by atoms with Crippen LogP contribution in [0.25, 0.3) is 0 Å². The number of hydrogen-bond acceptors (Lipinski definition) is 5. The molecular weight excluding hydrogens is 294 g/mol. The minimum Gasteiger partial charge on any atom is -0.481 e. The van der Waals surface area contributed by atoms with Crippen molar-refractivity contribution in [2.75, 3.05) is 19.8 Å². The first-order valence-electron chi connectivity index (χ1n) is 6.68. The Morgan fingerprint density at radius 2 is 2.38 bits per heavy atom. The van der Waals surface area contributed by atoms with E-state index in [0.717, 1.165) is 10.7 Å². The van der Waals surface area contributed by atoms with E-state index in [2.05, 4.69) is 15.6 Å². The second-order valence-electron chi connectivity index (χ2n) is 5.30. The lowest BCUT2D eigenvalue weighted by Crippen LogP contribution is -2.52. The van der Waals surface area contributed by atoms with Gasteiger partial charge in [0.25, 0.3) is 0 Å². The highest BCUT2D eigenvalue weighted by Crippen LogP contribution is 2.28. The molecule has 0 bridgehead atoms. The molecule has 3 N–H and O–H groups in total. The molecule has 2 atom stereocenters. The van der Waals surface area contributed by atoms with Gasteiger partial charge >= 0.3 is 12.0 Å². The molecule has 0 aliphatic carbocycles. The minimum absolute atomic E-state index is 0.103. The highest BCUT2D eigenvalue weighted by atomic mass is 32.1. The van der Waals surface area contributed by atoms with E-state index in [-0.39, 0.29) is 19.2 Å². The summed E-state index contributed by atoms with van der Waals surface area (Å²) in [4.78, 5) is 27.4. The van der Waals surface area contributed by atoms with E-state index in [1.807, 2.05) is 12.3 Å². The number of nitrogens with zero attached hydrogens (tertiary/aromatic N) is 1. The number of carboxylic acid groups (broad SMARTS) is 1. The molecule has 0 aromatic carbocycles. The standard InChI is InChI=1S/C13H19N3O4S/c1-8-15-9(6-21-8)3-4-14-12(19)16-10-5-20-7-13(10,2)11(17)18/h6,10H,3-5,7H2,1-2H3,(H,17,18)(H2,14,16,19). The minimum atomic E-state index is -1.08. The molecule has 2 unspecified atom stereocenters. The molecule has 1 aromatic rings. The molecule has 116 valence electrons. The van der Waals surface area contributed by atoms with Gasteiger partial charge in [0.05, 0.1) is 30.0 Å². The molecule has 0 saturated carbocycles. The Morgan fingerprint density at radius 3 is 3.00 bits per heavy atom. The molecule has 7 nitrogen and oxygen atoms in total. The molecule has 2 heterocycles. The first kappa shape index (κ1) is 15.7. The van der Waals surface area contributed by atoms with E-state index in [1.165, 1.54) is 0 Å². The van der Waals surface area contributed by atoms with Gasteiger partial charge in [-0.1, -0.05) is 0 Å². The number of aliphatic carboxylic acids is 1.